The number of aliphatic hydroxyl groups excluding tert-OH is 1. The molecule has 0 aromatic rings. The quantitative estimate of drug-likeness (QED) is 0.428. The number of ether oxygens (including phenoxy) is 1. The van der Waals surface area contributed by atoms with E-state index < -0.39 is 0 Å². The molecule has 0 aromatic heterocycles. The molecule has 0 fully saturated rings. The third kappa shape index (κ3) is 7.85. The molecular weight excluding hydrogens is 204 g/mol. The minimum atomic E-state index is -0.192. The molecule has 0 unspecified atom stereocenters. The maximum absolute atomic E-state index is 11.2. The van der Waals surface area contributed by atoms with Gasteiger partial charge in [0.15, 0.2) is 0 Å². The summed E-state index contributed by atoms with van der Waals surface area (Å²) in [4.78, 5) is 11.2. The average Bonchev–Trinajstić information content (AvgIpc) is 2.22. The summed E-state index contributed by atoms with van der Waals surface area (Å²) in [6.45, 7) is 5.72. The number of carbonyl (C=O) groups is 1. The maximum Gasteiger partial charge on any atom is 0.306 e. The van der Waals surface area contributed by atoms with Crippen molar-refractivity contribution in [3.05, 3.63) is 35.6 Å². The smallest absolute Gasteiger partial charge is 0.306 e. The van der Waals surface area contributed by atoms with E-state index in [1.165, 1.54) is 0 Å². The Kier molecular flexibility index (Phi) is 7.94. The van der Waals surface area contributed by atoms with Crippen LogP contribution in [-0.4, -0.2) is 17.7 Å². The van der Waals surface area contributed by atoms with Crippen molar-refractivity contribution in [3.63, 3.8) is 0 Å². The van der Waals surface area contributed by atoms with Gasteiger partial charge in [0.2, 0.25) is 0 Å². The number of hydrogen-bond acceptors (Lipinski definition) is 3. The van der Waals surface area contributed by atoms with Crippen molar-refractivity contribution >= 4 is 5.97 Å². The second-order valence-corrected chi connectivity index (χ2v) is 3.35. The fourth-order valence-electron chi connectivity index (χ4n) is 1.14. The van der Waals surface area contributed by atoms with E-state index in [4.69, 9.17) is 9.84 Å². The van der Waals surface area contributed by atoms with Crippen LogP contribution in [0, 0.1) is 0 Å². The minimum Gasteiger partial charge on any atom is -0.513 e. The Bertz CT molecular complexity index is 294. The Morgan fingerprint density at radius 2 is 2.00 bits per heavy atom. The molecule has 90 valence electrons. The van der Waals surface area contributed by atoms with Gasteiger partial charge in [-0.25, -0.2) is 0 Å². The van der Waals surface area contributed by atoms with E-state index in [2.05, 4.69) is 0 Å². The van der Waals surface area contributed by atoms with Gasteiger partial charge in [-0.05, 0) is 38.8 Å². The van der Waals surface area contributed by atoms with Gasteiger partial charge in [-0.3, -0.25) is 4.79 Å². The van der Waals surface area contributed by atoms with E-state index in [0.717, 1.165) is 5.57 Å². The summed E-state index contributed by atoms with van der Waals surface area (Å²) in [6, 6.07) is 0. The van der Waals surface area contributed by atoms with E-state index in [9.17, 15) is 4.79 Å². The SMILES string of the molecule is C\C=C/C(=C\C=C(/C)O)CCC(=O)OCC. The predicted octanol–water partition coefficient (Wildman–Crippen LogP) is 3.29. The zero-order chi connectivity index (χ0) is 12.4. The number of aliphatic hydroxyl groups is 1. The van der Waals surface area contributed by atoms with Crippen LogP contribution in [0.1, 0.15) is 33.6 Å². The lowest BCUT2D eigenvalue weighted by molar-refractivity contribution is -0.143. The molecular formula is C13H20O3. The van der Waals surface area contributed by atoms with Crippen molar-refractivity contribution in [2.24, 2.45) is 0 Å². The molecule has 0 amide bonds. The molecule has 3 nitrogen and oxygen atoms in total. The number of hydrogen-bond donors (Lipinski definition) is 1. The summed E-state index contributed by atoms with van der Waals surface area (Å²) >= 11 is 0. The number of rotatable bonds is 6. The summed E-state index contributed by atoms with van der Waals surface area (Å²) in [5.74, 6) is 0.0562. The molecule has 0 aromatic carbocycles. The van der Waals surface area contributed by atoms with Crippen LogP contribution in [0.15, 0.2) is 35.6 Å². The lowest BCUT2D eigenvalue weighted by Gasteiger charge is -2.02. The van der Waals surface area contributed by atoms with Gasteiger partial charge < -0.3 is 9.84 Å². The zero-order valence-corrected chi connectivity index (χ0v) is 10.2. The summed E-state index contributed by atoms with van der Waals surface area (Å²) in [6.07, 6.45) is 8.21. The number of allylic oxidation sites excluding steroid dienone is 6. The lowest BCUT2D eigenvalue weighted by atomic mass is 10.1. The Morgan fingerprint density at radius 3 is 2.50 bits per heavy atom. The Morgan fingerprint density at radius 1 is 1.31 bits per heavy atom. The highest BCUT2D eigenvalue weighted by molar-refractivity contribution is 5.69. The van der Waals surface area contributed by atoms with Crippen LogP contribution < -0.4 is 0 Å². The Hall–Kier alpha value is -1.51. The van der Waals surface area contributed by atoms with Crippen LogP contribution in [0.25, 0.3) is 0 Å². The molecule has 0 aliphatic heterocycles. The Labute approximate surface area is 97.1 Å². The second kappa shape index (κ2) is 8.77. The first-order chi connectivity index (χ1) is 7.60. The van der Waals surface area contributed by atoms with Gasteiger partial charge in [-0.15, -0.1) is 0 Å². The predicted molar refractivity (Wildman–Crippen MR) is 65.1 cm³/mol. The first-order valence-electron chi connectivity index (χ1n) is 5.44. The number of carbonyl (C=O) groups excluding carboxylic acids is 1. The fraction of sp³-hybridized carbons (Fsp3) is 0.462. The maximum atomic E-state index is 11.2. The third-order valence-corrected chi connectivity index (χ3v) is 1.84. The van der Waals surface area contributed by atoms with Crippen molar-refractivity contribution in [1.29, 1.82) is 0 Å². The summed E-state index contributed by atoms with van der Waals surface area (Å²) in [7, 11) is 0. The normalized spacial score (nSPS) is 13.2. The molecule has 0 aliphatic rings. The van der Waals surface area contributed by atoms with Gasteiger partial charge in [0.1, 0.15) is 0 Å². The summed E-state index contributed by atoms with van der Waals surface area (Å²) in [5.41, 5.74) is 0.990. The molecule has 0 saturated carbocycles. The largest absolute Gasteiger partial charge is 0.513 e. The summed E-state index contributed by atoms with van der Waals surface area (Å²) in [5, 5.41) is 9.03. The monoisotopic (exact) mass is 224 g/mol. The molecule has 0 aliphatic carbocycles. The van der Waals surface area contributed by atoms with E-state index in [-0.39, 0.29) is 11.7 Å². The van der Waals surface area contributed by atoms with Crippen molar-refractivity contribution in [3.8, 4) is 0 Å². The molecule has 0 saturated heterocycles. The molecule has 0 radical (unpaired) electrons. The van der Waals surface area contributed by atoms with Gasteiger partial charge in [0, 0.05) is 6.42 Å². The first-order valence-corrected chi connectivity index (χ1v) is 5.44. The molecule has 1 N–H and O–H groups in total. The highest BCUT2D eigenvalue weighted by atomic mass is 16.5. The topological polar surface area (TPSA) is 46.5 Å². The average molecular weight is 224 g/mol. The van der Waals surface area contributed by atoms with E-state index >= 15 is 0 Å². The molecule has 0 atom stereocenters. The molecule has 0 bridgehead atoms. The van der Waals surface area contributed by atoms with Crippen molar-refractivity contribution in [2.45, 2.75) is 33.6 Å². The van der Waals surface area contributed by atoms with Crippen LogP contribution in [0.5, 0.6) is 0 Å². The van der Waals surface area contributed by atoms with Crippen LogP contribution in [0.4, 0.5) is 0 Å². The van der Waals surface area contributed by atoms with Crippen molar-refractivity contribution in [2.75, 3.05) is 6.61 Å². The van der Waals surface area contributed by atoms with Crippen LogP contribution in [-0.2, 0) is 9.53 Å². The molecule has 0 heterocycles. The van der Waals surface area contributed by atoms with Gasteiger partial charge in [-0.2, -0.15) is 0 Å². The number of esters is 1. The highest BCUT2D eigenvalue weighted by Gasteiger charge is 2.02. The first kappa shape index (κ1) is 14.5. The van der Waals surface area contributed by atoms with Gasteiger partial charge in [0.05, 0.1) is 12.4 Å². The van der Waals surface area contributed by atoms with Crippen molar-refractivity contribution in [1.82, 2.24) is 0 Å². The zero-order valence-electron chi connectivity index (χ0n) is 10.2. The van der Waals surface area contributed by atoms with E-state index in [1.54, 1.807) is 26.0 Å². The van der Waals surface area contributed by atoms with Crippen LogP contribution >= 0.6 is 0 Å². The van der Waals surface area contributed by atoms with Crippen LogP contribution in [0.2, 0.25) is 0 Å². The van der Waals surface area contributed by atoms with Crippen molar-refractivity contribution < 1.29 is 14.6 Å². The fourth-order valence-corrected chi connectivity index (χ4v) is 1.14. The summed E-state index contributed by atoms with van der Waals surface area (Å²) < 4.78 is 4.84. The molecule has 3 heteroatoms. The second-order valence-electron chi connectivity index (χ2n) is 3.35. The third-order valence-electron chi connectivity index (χ3n) is 1.84. The highest BCUT2D eigenvalue weighted by Crippen LogP contribution is 2.09. The van der Waals surface area contributed by atoms with Gasteiger partial charge >= 0.3 is 5.97 Å². The van der Waals surface area contributed by atoms with Gasteiger partial charge in [0.25, 0.3) is 0 Å². The molecule has 16 heavy (non-hydrogen) atoms. The lowest BCUT2D eigenvalue weighted by Crippen LogP contribution is -2.03. The molecule has 0 rings (SSSR count). The minimum absolute atomic E-state index is 0.192. The van der Waals surface area contributed by atoms with E-state index in [1.807, 2.05) is 19.1 Å². The van der Waals surface area contributed by atoms with E-state index in [0.29, 0.717) is 19.4 Å². The van der Waals surface area contributed by atoms with Gasteiger partial charge in [-0.1, -0.05) is 18.2 Å². The standard InChI is InChI=1S/C13H20O3/c1-4-6-12(8-7-11(3)14)9-10-13(15)16-5-2/h4,6-8,14H,5,9-10H2,1-3H3/b6-4-,11-7+,12-8+. The molecule has 0 spiro atoms. The Balaban J connectivity index is 4.30. The van der Waals surface area contributed by atoms with Crippen LogP contribution in [0.3, 0.4) is 0 Å².